The van der Waals surface area contributed by atoms with Crippen LogP contribution in [-0.4, -0.2) is 39.2 Å². The van der Waals surface area contributed by atoms with Crippen molar-refractivity contribution in [3.8, 4) is 5.75 Å². The summed E-state index contributed by atoms with van der Waals surface area (Å²) in [4.78, 5) is 20.7. The Labute approximate surface area is 148 Å². The highest BCUT2D eigenvalue weighted by Crippen LogP contribution is 2.30. The maximum absolute atomic E-state index is 12.9. The molecule has 0 spiro atoms. The van der Waals surface area contributed by atoms with E-state index in [0.717, 1.165) is 0 Å². The molecule has 0 fully saturated rings. The van der Waals surface area contributed by atoms with Crippen molar-refractivity contribution < 1.29 is 19.4 Å². The third-order valence-corrected chi connectivity index (χ3v) is 3.72. The number of aromatic hydroxyl groups is 1. The molecule has 7 nitrogen and oxygen atoms in total. The average Bonchev–Trinajstić information content (AvgIpc) is 2.67. The fraction of sp³-hybridized carbons (Fsp3) is 0.167. The van der Waals surface area contributed by atoms with E-state index in [9.17, 15) is 14.3 Å². The number of aliphatic hydroxyl groups is 1. The van der Waals surface area contributed by atoms with Gasteiger partial charge < -0.3 is 20.8 Å². The van der Waals surface area contributed by atoms with Gasteiger partial charge in [-0.3, -0.25) is 9.78 Å². The summed E-state index contributed by atoms with van der Waals surface area (Å²) in [5, 5.41) is 25.5. The standard InChI is InChI=1S/C18H17FN4O3/c19-12-5-3-11(4-6-12)10-22-18(26)15-16(25)14-13(2-1-7-20-14)17(23-15)21-8-9-24/h1-7,24-25H,8-10H2,(H,21,23)(H,22,26). The first kappa shape index (κ1) is 17.6. The summed E-state index contributed by atoms with van der Waals surface area (Å²) >= 11 is 0. The molecule has 0 saturated heterocycles. The minimum absolute atomic E-state index is 0.115. The molecule has 0 atom stereocenters. The van der Waals surface area contributed by atoms with E-state index in [2.05, 4.69) is 20.6 Å². The van der Waals surface area contributed by atoms with Gasteiger partial charge in [-0.25, -0.2) is 9.37 Å². The Morgan fingerprint density at radius 3 is 2.69 bits per heavy atom. The van der Waals surface area contributed by atoms with Crippen molar-refractivity contribution in [2.45, 2.75) is 6.54 Å². The number of nitrogens with zero attached hydrogens (tertiary/aromatic N) is 2. The molecule has 26 heavy (non-hydrogen) atoms. The zero-order valence-corrected chi connectivity index (χ0v) is 13.7. The maximum Gasteiger partial charge on any atom is 0.274 e. The summed E-state index contributed by atoms with van der Waals surface area (Å²) in [6.07, 6.45) is 1.50. The molecule has 4 N–H and O–H groups in total. The topological polar surface area (TPSA) is 107 Å². The van der Waals surface area contributed by atoms with Crippen LogP contribution in [0.5, 0.6) is 5.75 Å². The first-order valence-electron chi connectivity index (χ1n) is 7.95. The van der Waals surface area contributed by atoms with Crippen LogP contribution < -0.4 is 10.6 Å². The van der Waals surface area contributed by atoms with Gasteiger partial charge in [0.25, 0.3) is 5.91 Å². The van der Waals surface area contributed by atoms with Gasteiger partial charge in [0.15, 0.2) is 11.4 Å². The van der Waals surface area contributed by atoms with Crippen LogP contribution in [0.2, 0.25) is 0 Å². The van der Waals surface area contributed by atoms with E-state index in [-0.39, 0.29) is 42.5 Å². The van der Waals surface area contributed by atoms with Crippen molar-refractivity contribution in [1.29, 1.82) is 0 Å². The molecular weight excluding hydrogens is 339 g/mol. The van der Waals surface area contributed by atoms with Gasteiger partial charge in [-0.15, -0.1) is 0 Å². The van der Waals surface area contributed by atoms with Gasteiger partial charge in [-0.05, 0) is 29.8 Å². The first-order chi connectivity index (χ1) is 12.6. The third kappa shape index (κ3) is 3.70. The summed E-state index contributed by atoms with van der Waals surface area (Å²) < 4.78 is 12.9. The molecule has 8 heteroatoms. The molecule has 0 aliphatic carbocycles. The number of fused-ring (bicyclic) bond motifs is 1. The average molecular weight is 356 g/mol. The minimum Gasteiger partial charge on any atom is -0.504 e. The first-order valence-corrected chi connectivity index (χ1v) is 7.95. The van der Waals surface area contributed by atoms with Gasteiger partial charge >= 0.3 is 0 Å². The second-order valence-corrected chi connectivity index (χ2v) is 5.52. The van der Waals surface area contributed by atoms with E-state index < -0.39 is 5.91 Å². The number of hydrogen-bond acceptors (Lipinski definition) is 6. The molecule has 134 valence electrons. The van der Waals surface area contributed by atoms with Crippen molar-refractivity contribution in [2.24, 2.45) is 0 Å². The fourth-order valence-electron chi connectivity index (χ4n) is 2.46. The van der Waals surface area contributed by atoms with Gasteiger partial charge in [0.2, 0.25) is 0 Å². The number of pyridine rings is 2. The molecule has 0 bridgehead atoms. The van der Waals surface area contributed by atoms with E-state index >= 15 is 0 Å². The fourth-order valence-corrected chi connectivity index (χ4v) is 2.46. The molecule has 3 rings (SSSR count). The van der Waals surface area contributed by atoms with E-state index in [0.29, 0.717) is 16.8 Å². The van der Waals surface area contributed by atoms with Crippen LogP contribution >= 0.6 is 0 Å². The number of anilines is 1. The summed E-state index contributed by atoms with van der Waals surface area (Å²) in [7, 11) is 0. The van der Waals surface area contributed by atoms with Crippen LogP contribution in [-0.2, 0) is 6.54 Å². The Bertz CT molecular complexity index is 932. The lowest BCUT2D eigenvalue weighted by molar-refractivity contribution is 0.0943. The lowest BCUT2D eigenvalue weighted by Crippen LogP contribution is -2.24. The Kier molecular flexibility index (Phi) is 5.23. The van der Waals surface area contributed by atoms with Gasteiger partial charge in [-0.1, -0.05) is 12.1 Å². The minimum atomic E-state index is -0.591. The molecule has 3 aromatic rings. The number of rotatable bonds is 6. The van der Waals surface area contributed by atoms with Crippen molar-refractivity contribution in [3.63, 3.8) is 0 Å². The van der Waals surface area contributed by atoms with Crippen LogP contribution in [0, 0.1) is 5.82 Å². The van der Waals surface area contributed by atoms with Crippen LogP contribution in [0.1, 0.15) is 16.1 Å². The van der Waals surface area contributed by atoms with Gasteiger partial charge in [-0.2, -0.15) is 0 Å². The quantitative estimate of drug-likeness (QED) is 0.537. The highest BCUT2D eigenvalue weighted by atomic mass is 19.1. The molecule has 0 aliphatic rings. The van der Waals surface area contributed by atoms with Crippen LogP contribution in [0.25, 0.3) is 10.9 Å². The second kappa shape index (κ2) is 7.75. The number of carbonyl (C=O) groups is 1. The summed E-state index contributed by atoms with van der Waals surface area (Å²) in [5.74, 6) is -0.940. The SMILES string of the molecule is O=C(NCc1ccc(F)cc1)c1nc(NCCO)c2cccnc2c1O. The van der Waals surface area contributed by atoms with E-state index in [1.807, 2.05) is 0 Å². The van der Waals surface area contributed by atoms with E-state index in [1.54, 1.807) is 24.3 Å². The molecule has 0 unspecified atom stereocenters. The number of benzene rings is 1. The molecule has 0 radical (unpaired) electrons. The van der Waals surface area contributed by atoms with Crippen molar-refractivity contribution >= 4 is 22.6 Å². The highest BCUT2D eigenvalue weighted by molar-refractivity contribution is 6.03. The van der Waals surface area contributed by atoms with E-state index in [4.69, 9.17) is 5.11 Å². The molecule has 2 aromatic heterocycles. The van der Waals surface area contributed by atoms with Crippen molar-refractivity contribution in [1.82, 2.24) is 15.3 Å². The number of hydrogen-bond donors (Lipinski definition) is 4. The van der Waals surface area contributed by atoms with Crippen LogP contribution in [0.3, 0.4) is 0 Å². The lowest BCUT2D eigenvalue weighted by Gasteiger charge is -2.12. The number of aliphatic hydroxyl groups excluding tert-OH is 1. The van der Waals surface area contributed by atoms with Crippen LogP contribution in [0.4, 0.5) is 10.2 Å². The number of nitrogens with one attached hydrogen (secondary N) is 2. The zero-order valence-electron chi connectivity index (χ0n) is 13.7. The zero-order chi connectivity index (χ0) is 18.5. The Hall–Kier alpha value is -3.26. The van der Waals surface area contributed by atoms with E-state index in [1.165, 1.54) is 18.3 Å². The smallest absolute Gasteiger partial charge is 0.274 e. The number of amides is 1. The number of halogens is 1. The second-order valence-electron chi connectivity index (χ2n) is 5.52. The van der Waals surface area contributed by atoms with Gasteiger partial charge in [0.1, 0.15) is 17.2 Å². The normalized spacial score (nSPS) is 10.7. The largest absolute Gasteiger partial charge is 0.504 e. The Morgan fingerprint density at radius 1 is 1.19 bits per heavy atom. The molecule has 1 amide bonds. The monoisotopic (exact) mass is 356 g/mol. The third-order valence-electron chi connectivity index (χ3n) is 3.72. The van der Waals surface area contributed by atoms with Crippen LogP contribution in [0.15, 0.2) is 42.6 Å². The predicted octanol–water partition coefficient (Wildman–Crippen LogP) is 1.81. The number of aromatic nitrogens is 2. The molecular formula is C18H17FN4O3. The predicted molar refractivity (Wildman–Crippen MR) is 94.3 cm³/mol. The molecule has 0 aliphatic heterocycles. The Balaban J connectivity index is 1.89. The highest BCUT2D eigenvalue weighted by Gasteiger charge is 2.19. The Morgan fingerprint density at radius 2 is 1.96 bits per heavy atom. The van der Waals surface area contributed by atoms with Gasteiger partial charge in [0, 0.05) is 24.7 Å². The molecule has 0 saturated carbocycles. The van der Waals surface area contributed by atoms with Crippen molar-refractivity contribution in [3.05, 3.63) is 59.7 Å². The molecule has 2 heterocycles. The number of carbonyl (C=O) groups excluding carboxylic acids is 1. The maximum atomic E-state index is 12.9. The van der Waals surface area contributed by atoms with Crippen molar-refractivity contribution in [2.75, 3.05) is 18.5 Å². The summed E-state index contributed by atoms with van der Waals surface area (Å²) in [6, 6.07) is 9.09. The summed E-state index contributed by atoms with van der Waals surface area (Å²) in [5.41, 5.74) is 0.755. The molecule has 1 aromatic carbocycles. The lowest BCUT2D eigenvalue weighted by atomic mass is 10.2. The van der Waals surface area contributed by atoms with Gasteiger partial charge in [0.05, 0.1) is 6.61 Å². The summed E-state index contributed by atoms with van der Waals surface area (Å²) in [6.45, 7) is 0.273.